The van der Waals surface area contributed by atoms with E-state index in [4.69, 9.17) is 0 Å². The van der Waals surface area contributed by atoms with Crippen molar-refractivity contribution in [2.45, 2.75) is 0 Å². The molecule has 3 nitrogen and oxygen atoms in total. The number of hydrogen-bond acceptors (Lipinski definition) is 3. The Hall–Kier alpha value is -1.25. The van der Waals surface area contributed by atoms with Crippen molar-refractivity contribution in [1.82, 2.24) is 4.57 Å². The molecule has 0 fully saturated rings. The maximum atomic E-state index is 11.0. The first-order valence-electron chi connectivity index (χ1n) is 2.98. The van der Waals surface area contributed by atoms with Gasteiger partial charge in [-0.15, -0.1) is 0 Å². The van der Waals surface area contributed by atoms with Crippen molar-refractivity contribution < 1.29 is 0 Å². The molecular weight excluding hydrogens is 160 g/mol. The van der Waals surface area contributed by atoms with Crippen molar-refractivity contribution in [3.05, 3.63) is 28.7 Å². The van der Waals surface area contributed by atoms with Crippen molar-refractivity contribution in [2.24, 2.45) is 12.0 Å². The largest absolute Gasteiger partial charge is 0.318 e. The van der Waals surface area contributed by atoms with Gasteiger partial charge in [-0.3, -0.25) is 4.79 Å². The second-order valence-corrected chi connectivity index (χ2v) is 2.22. The summed E-state index contributed by atoms with van der Waals surface area (Å²) in [7, 11) is 1.67. The highest BCUT2D eigenvalue weighted by Gasteiger charge is 1.90. The number of aliphatic imine (C=N–C) groups is 1. The monoisotopic (exact) mass is 166 g/mol. The standard InChI is InChI=1S/C7H6N2OS/c1-9-3-2-6(8-5-11)4-7(9)10/h2-4H,1H3. The fraction of sp³-hybridized carbons (Fsp3) is 0.143. The molecule has 0 bridgehead atoms. The number of aryl methyl sites for hydroxylation is 1. The lowest BCUT2D eigenvalue weighted by Gasteiger charge is -1.94. The molecule has 1 aromatic heterocycles. The number of aromatic nitrogens is 1. The van der Waals surface area contributed by atoms with E-state index in [2.05, 4.69) is 22.4 Å². The number of nitrogens with zero attached hydrogens (tertiary/aromatic N) is 2. The van der Waals surface area contributed by atoms with Gasteiger partial charge in [0.15, 0.2) is 0 Å². The summed E-state index contributed by atoms with van der Waals surface area (Å²) in [4.78, 5) is 14.6. The predicted molar refractivity (Wildman–Crippen MR) is 46.4 cm³/mol. The van der Waals surface area contributed by atoms with E-state index in [1.807, 2.05) is 0 Å². The SMILES string of the molecule is Cn1ccc(N=C=S)cc1=O. The van der Waals surface area contributed by atoms with Gasteiger partial charge in [-0.25, -0.2) is 0 Å². The molecule has 56 valence electrons. The summed E-state index contributed by atoms with van der Waals surface area (Å²) in [5, 5.41) is 2.19. The van der Waals surface area contributed by atoms with Crippen molar-refractivity contribution in [2.75, 3.05) is 0 Å². The minimum Gasteiger partial charge on any atom is -0.318 e. The van der Waals surface area contributed by atoms with Crippen LogP contribution in [0.3, 0.4) is 0 Å². The van der Waals surface area contributed by atoms with E-state index in [1.54, 1.807) is 19.3 Å². The normalized spacial score (nSPS) is 8.82. The number of thiocarbonyl (C=S) groups is 1. The molecule has 0 aliphatic carbocycles. The number of hydrogen-bond donors (Lipinski definition) is 0. The second-order valence-electron chi connectivity index (χ2n) is 2.04. The van der Waals surface area contributed by atoms with E-state index in [9.17, 15) is 4.79 Å². The molecule has 0 unspecified atom stereocenters. The number of isothiocyanates is 1. The maximum Gasteiger partial charge on any atom is 0.252 e. The van der Waals surface area contributed by atoms with Crippen LogP contribution in [0.25, 0.3) is 0 Å². The first kappa shape index (κ1) is 7.85. The van der Waals surface area contributed by atoms with Crippen LogP contribution >= 0.6 is 12.2 Å². The van der Waals surface area contributed by atoms with Crippen LogP contribution in [-0.4, -0.2) is 9.73 Å². The van der Waals surface area contributed by atoms with Crippen LogP contribution in [0.2, 0.25) is 0 Å². The van der Waals surface area contributed by atoms with E-state index in [1.165, 1.54) is 10.6 Å². The van der Waals surface area contributed by atoms with Crippen molar-refractivity contribution in [3.63, 3.8) is 0 Å². The van der Waals surface area contributed by atoms with Gasteiger partial charge in [0.2, 0.25) is 0 Å². The van der Waals surface area contributed by atoms with Gasteiger partial charge in [0, 0.05) is 19.3 Å². The molecule has 1 aromatic rings. The fourth-order valence-corrected chi connectivity index (χ4v) is 0.766. The van der Waals surface area contributed by atoms with Gasteiger partial charge >= 0.3 is 0 Å². The lowest BCUT2D eigenvalue weighted by Crippen LogP contribution is -2.13. The summed E-state index contributed by atoms with van der Waals surface area (Å²) in [6.45, 7) is 0. The summed E-state index contributed by atoms with van der Waals surface area (Å²) >= 11 is 4.38. The minimum atomic E-state index is -0.100. The van der Waals surface area contributed by atoms with Crippen LogP contribution in [0, 0.1) is 0 Å². The van der Waals surface area contributed by atoms with E-state index in [0.29, 0.717) is 5.69 Å². The Bertz CT molecular complexity index is 363. The van der Waals surface area contributed by atoms with Gasteiger partial charge in [-0.05, 0) is 18.3 Å². The molecule has 0 saturated heterocycles. The number of pyridine rings is 1. The molecule has 0 aliphatic rings. The van der Waals surface area contributed by atoms with Crippen LogP contribution < -0.4 is 5.56 Å². The van der Waals surface area contributed by atoms with E-state index in [-0.39, 0.29) is 5.56 Å². The Morgan fingerprint density at radius 3 is 3.00 bits per heavy atom. The van der Waals surface area contributed by atoms with Gasteiger partial charge in [0.05, 0.1) is 10.8 Å². The lowest BCUT2D eigenvalue weighted by atomic mass is 10.4. The van der Waals surface area contributed by atoms with E-state index >= 15 is 0 Å². The van der Waals surface area contributed by atoms with Crippen LogP contribution in [0.15, 0.2) is 28.1 Å². The summed E-state index contributed by atoms with van der Waals surface area (Å²) in [6, 6.07) is 3.10. The lowest BCUT2D eigenvalue weighted by molar-refractivity contribution is 0.860. The van der Waals surface area contributed by atoms with Gasteiger partial charge in [-0.1, -0.05) is 0 Å². The zero-order valence-electron chi connectivity index (χ0n) is 5.94. The van der Waals surface area contributed by atoms with Crippen LogP contribution in [0.4, 0.5) is 5.69 Å². The smallest absolute Gasteiger partial charge is 0.252 e. The van der Waals surface area contributed by atoms with Crippen molar-refractivity contribution >= 4 is 23.1 Å². The summed E-state index contributed by atoms with van der Waals surface area (Å²) in [6.07, 6.45) is 1.63. The topological polar surface area (TPSA) is 34.4 Å². The summed E-state index contributed by atoms with van der Waals surface area (Å²) < 4.78 is 1.46. The summed E-state index contributed by atoms with van der Waals surface area (Å²) in [5.74, 6) is 0. The predicted octanol–water partition coefficient (Wildman–Crippen LogP) is 1.12. The Balaban J connectivity index is 3.26. The minimum absolute atomic E-state index is 0.100. The molecule has 0 N–H and O–H groups in total. The molecule has 0 spiro atoms. The molecule has 1 heterocycles. The van der Waals surface area contributed by atoms with Gasteiger partial charge in [0.25, 0.3) is 5.56 Å². The molecule has 0 atom stereocenters. The molecule has 0 amide bonds. The van der Waals surface area contributed by atoms with Crippen LogP contribution in [0.1, 0.15) is 0 Å². The molecule has 11 heavy (non-hydrogen) atoms. The zero-order valence-corrected chi connectivity index (χ0v) is 6.76. The summed E-state index contributed by atoms with van der Waals surface area (Å²) in [5.41, 5.74) is 0.444. The van der Waals surface area contributed by atoms with Crippen LogP contribution in [0.5, 0.6) is 0 Å². The van der Waals surface area contributed by atoms with Crippen molar-refractivity contribution in [1.29, 1.82) is 0 Å². The Morgan fingerprint density at radius 1 is 1.73 bits per heavy atom. The van der Waals surface area contributed by atoms with Gasteiger partial charge in [-0.2, -0.15) is 4.99 Å². The third kappa shape index (κ3) is 1.83. The average molecular weight is 166 g/mol. The van der Waals surface area contributed by atoms with E-state index in [0.717, 1.165) is 0 Å². The van der Waals surface area contributed by atoms with Crippen LogP contribution in [-0.2, 0) is 7.05 Å². The Morgan fingerprint density at radius 2 is 2.45 bits per heavy atom. The first-order valence-corrected chi connectivity index (χ1v) is 3.39. The van der Waals surface area contributed by atoms with Crippen molar-refractivity contribution in [3.8, 4) is 0 Å². The average Bonchev–Trinajstić information content (AvgIpc) is 1.98. The maximum absolute atomic E-state index is 11.0. The van der Waals surface area contributed by atoms with Gasteiger partial charge in [0.1, 0.15) is 0 Å². The fourth-order valence-electron chi connectivity index (χ4n) is 0.660. The van der Waals surface area contributed by atoms with E-state index < -0.39 is 0 Å². The highest BCUT2D eigenvalue weighted by Crippen LogP contribution is 2.04. The first-order chi connectivity index (χ1) is 5.24. The highest BCUT2D eigenvalue weighted by molar-refractivity contribution is 7.78. The number of rotatable bonds is 1. The Labute approximate surface area is 69.0 Å². The molecule has 0 aliphatic heterocycles. The molecular formula is C7H6N2OS. The molecule has 0 saturated carbocycles. The Kier molecular flexibility index (Phi) is 2.31. The molecule has 0 radical (unpaired) electrons. The third-order valence-corrected chi connectivity index (χ3v) is 1.35. The molecule has 0 aromatic carbocycles. The second kappa shape index (κ2) is 3.23. The third-order valence-electron chi connectivity index (χ3n) is 1.26. The quantitative estimate of drug-likeness (QED) is 0.463. The zero-order chi connectivity index (χ0) is 8.27. The highest BCUT2D eigenvalue weighted by atomic mass is 32.1. The molecule has 4 heteroatoms. The molecule has 1 rings (SSSR count). The van der Waals surface area contributed by atoms with Gasteiger partial charge < -0.3 is 4.57 Å².